The molecule has 1 aliphatic rings. The zero-order valence-corrected chi connectivity index (χ0v) is 18.5. The Bertz CT molecular complexity index is 1140. The van der Waals surface area contributed by atoms with Crippen LogP contribution in [-0.2, 0) is 35.5 Å². The molecule has 0 spiro atoms. The third-order valence-corrected chi connectivity index (χ3v) is 6.40. The van der Waals surface area contributed by atoms with Gasteiger partial charge in [0.05, 0.1) is 17.6 Å². The Hall–Kier alpha value is -3.46. The van der Waals surface area contributed by atoms with Gasteiger partial charge in [-0.2, -0.15) is 5.10 Å². The molecule has 2 aromatic heterocycles. The van der Waals surface area contributed by atoms with E-state index in [-0.39, 0.29) is 24.9 Å². The van der Waals surface area contributed by atoms with E-state index in [4.69, 9.17) is 4.74 Å². The number of nitrogens with zero attached hydrogens (tertiary/aromatic N) is 2. The first-order valence-electron chi connectivity index (χ1n) is 10.4. The maximum Gasteiger partial charge on any atom is 0.337 e. The summed E-state index contributed by atoms with van der Waals surface area (Å²) in [6.45, 7) is 0.267. The number of thiophene rings is 1. The predicted molar refractivity (Wildman–Crippen MR) is 121 cm³/mol. The largest absolute Gasteiger partial charge is 0.465 e. The highest BCUT2D eigenvalue weighted by atomic mass is 32.1. The molecule has 2 amide bonds. The second-order valence-electron chi connectivity index (χ2n) is 7.62. The lowest BCUT2D eigenvalue weighted by Gasteiger charge is -2.13. The van der Waals surface area contributed by atoms with Gasteiger partial charge in [-0.3, -0.25) is 14.3 Å². The first kappa shape index (κ1) is 21.8. The zero-order chi connectivity index (χ0) is 22.5. The molecule has 0 radical (unpaired) electrons. The number of carbonyl (C=O) groups is 3. The molecule has 9 heteroatoms. The summed E-state index contributed by atoms with van der Waals surface area (Å²) in [6, 6.07) is 6.67. The van der Waals surface area contributed by atoms with Gasteiger partial charge in [-0.1, -0.05) is 0 Å². The summed E-state index contributed by atoms with van der Waals surface area (Å²) in [5, 5.41) is 11.8. The molecule has 0 saturated heterocycles. The molecule has 4 rings (SSSR count). The minimum Gasteiger partial charge on any atom is -0.465 e. The van der Waals surface area contributed by atoms with Crippen LogP contribution in [0.4, 0.5) is 5.69 Å². The van der Waals surface area contributed by atoms with Crippen LogP contribution in [-0.4, -0.2) is 34.7 Å². The van der Waals surface area contributed by atoms with Crippen LogP contribution < -0.4 is 10.6 Å². The molecular weight excluding hydrogens is 428 g/mol. The summed E-state index contributed by atoms with van der Waals surface area (Å²) >= 11 is 1.48. The molecule has 2 heterocycles. The van der Waals surface area contributed by atoms with Gasteiger partial charge < -0.3 is 15.4 Å². The number of ether oxygens (including phenoxy) is 1. The molecule has 0 saturated carbocycles. The number of hydrogen-bond donors (Lipinski definition) is 2. The van der Waals surface area contributed by atoms with E-state index in [1.54, 1.807) is 36.7 Å². The second-order valence-corrected chi connectivity index (χ2v) is 8.50. The maximum absolute atomic E-state index is 12.8. The number of methoxy groups -OCH3 is 1. The van der Waals surface area contributed by atoms with Crippen molar-refractivity contribution in [1.29, 1.82) is 0 Å². The van der Waals surface area contributed by atoms with E-state index in [2.05, 4.69) is 21.1 Å². The molecule has 166 valence electrons. The van der Waals surface area contributed by atoms with Gasteiger partial charge >= 0.3 is 5.97 Å². The van der Waals surface area contributed by atoms with Crippen molar-refractivity contribution >= 4 is 34.8 Å². The van der Waals surface area contributed by atoms with Gasteiger partial charge in [-0.05, 0) is 72.0 Å². The summed E-state index contributed by atoms with van der Waals surface area (Å²) in [7, 11) is 1.30. The highest BCUT2D eigenvalue weighted by molar-refractivity contribution is 7.12. The molecule has 8 nitrogen and oxygen atoms in total. The number of aromatic nitrogens is 2. The lowest BCUT2D eigenvalue weighted by molar-refractivity contribution is -0.116. The van der Waals surface area contributed by atoms with E-state index in [0.717, 1.165) is 29.7 Å². The molecular formula is C23H24N4O4S. The Balaban J connectivity index is 1.47. The summed E-state index contributed by atoms with van der Waals surface area (Å²) in [5.41, 5.74) is 3.86. The maximum atomic E-state index is 12.8. The Kier molecular flexibility index (Phi) is 6.65. The molecule has 0 bridgehead atoms. The van der Waals surface area contributed by atoms with Crippen LogP contribution in [0, 0.1) is 0 Å². The van der Waals surface area contributed by atoms with E-state index >= 15 is 0 Å². The average Bonchev–Trinajstić information content (AvgIpc) is 3.46. The Morgan fingerprint density at radius 3 is 2.81 bits per heavy atom. The Morgan fingerprint density at radius 1 is 1.19 bits per heavy atom. The number of fused-ring (bicyclic) bond motifs is 1. The SMILES string of the molecule is COC(=O)c1cc(CNC(=O)c2scc3c2CCCC3)cc(NC(=O)Cn2cccn2)c1. The lowest BCUT2D eigenvalue weighted by atomic mass is 9.94. The molecule has 1 aliphatic carbocycles. The molecule has 2 N–H and O–H groups in total. The first-order chi connectivity index (χ1) is 15.5. The normalized spacial score (nSPS) is 12.7. The molecule has 1 aromatic carbocycles. The van der Waals surface area contributed by atoms with Crippen molar-refractivity contribution in [2.75, 3.05) is 12.4 Å². The van der Waals surface area contributed by atoms with E-state index in [1.807, 2.05) is 0 Å². The van der Waals surface area contributed by atoms with Crippen molar-refractivity contribution in [3.63, 3.8) is 0 Å². The molecule has 3 aromatic rings. The van der Waals surface area contributed by atoms with Crippen LogP contribution in [0.2, 0.25) is 0 Å². The van der Waals surface area contributed by atoms with Crippen LogP contribution in [0.25, 0.3) is 0 Å². The summed E-state index contributed by atoms with van der Waals surface area (Å²) in [4.78, 5) is 38.0. The molecule has 0 atom stereocenters. The van der Waals surface area contributed by atoms with Gasteiger partial charge in [-0.15, -0.1) is 11.3 Å². The summed E-state index contributed by atoms with van der Waals surface area (Å²) in [5.74, 6) is -0.921. The van der Waals surface area contributed by atoms with Crippen molar-refractivity contribution in [2.24, 2.45) is 0 Å². The molecule has 0 fully saturated rings. The number of anilines is 1. The number of aryl methyl sites for hydroxylation is 1. The van der Waals surface area contributed by atoms with Crippen molar-refractivity contribution in [1.82, 2.24) is 15.1 Å². The second kappa shape index (κ2) is 9.78. The fraction of sp³-hybridized carbons (Fsp3) is 0.304. The van der Waals surface area contributed by atoms with Gasteiger partial charge in [0.2, 0.25) is 5.91 Å². The van der Waals surface area contributed by atoms with Crippen LogP contribution in [0.15, 0.2) is 42.0 Å². The quantitative estimate of drug-likeness (QED) is 0.536. The Morgan fingerprint density at radius 2 is 2.03 bits per heavy atom. The molecule has 0 unspecified atom stereocenters. The number of esters is 1. The number of hydrogen-bond acceptors (Lipinski definition) is 6. The molecule has 0 aliphatic heterocycles. The fourth-order valence-corrected chi connectivity index (χ4v) is 4.89. The highest BCUT2D eigenvalue weighted by Crippen LogP contribution is 2.29. The van der Waals surface area contributed by atoms with E-state index < -0.39 is 5.97 Å². The number of benzene rings is 1. The number of rotatable bonds is 7. The van der Waals surface area contributed by atoms with Crippen LogP contribution in [0.3, 0.4) is 0 Å². The monoisotopic (exact) mass is 452 g/mol. The third kappa shape index (κ3) is 5.05. The molecule has 32 heavy (non-hydrogen) atoms. The first-order valence-corrected chi connectivity index (χ1v) is 11.3. The topological polar surface area (TPSA) is 102 Å². The summed E-state index contributed by atoms with van der Waals surface area (Å²) < 4.78 is 6.33. The van der Waals surface area contributed by atoms with Crippen LogP contribution >= 0.6 is 11.3 Å². The highest BCUT2D eigenvalue weighted by Gasteiger charge is 2.20. The summed E-state index contributed by atoms with van der Waals surface area (Å²) in [6.07, 6.45) is 7.52. The van der Waals surface area contributed by atoms with Crippen molar-refractivity contribution in [2.45, 2.75) is 38.8 Å². The predicted octanol–water partition coefficient (Wildman–Crippen LogP) is 3.18. The van der Waals surface area contributed by atoms with Crippen molar-refractivity contribution in [3.05, 3.63) is 69.2 Å². The van der Waals surface area contributed by atoms with Gasteiger partial charge in [0.15, 0.2) is 0 Å². The van der Waals surface area contributed by atoms with E-state index in [0.29, 0.717) is 16.8 Å². The van der Waals surface area contributed by atoms with Gasteiger partial charge in [0.1, 0.15) is 6.54 Å². The van der Waals surface area contributed by atoms with E-state index in [1.165, 1.54) is 35.1 Å². The van der Waals surface area contributed by atoms with Gasteiger partial charge in [0.25, 0.3) is 5.91 Å². The zero-order valence-electron chi connectivity index (χ0n) is 17.7. The smallest absolute Gasteiger partial charge is 0.337 e. The van der Waals surface area contributed by atoms with Crippen molar-refractivity contribution < 1.29 is 19.1 Å². The van der Waals surface area contributed by atoms with Crippen molar-refractivity contribution in [3.8, 4) is 0 Å². The number of carbonyl (C=O) groups excluding carboxylic acids is 3. The minimum absolute atomic E-state index is 0.0466. The minimum atomic E-state index is -0.520. The number of nitrogens with one attached hydrogen (secondary N) is 2. The number of amides is 2. The standard InChI is InChI=1S/C23H24N4O4S/c1-31-23(30)17-9-15(10-18(11-17)26-20(28)13-27-8-4-7-25-27)12-24-22(29)21-19-6-3-2-5-16(19)14-32-21/h4,7-11,14H,2-3,5-6,12-13H2,1H3,(H,24,29)(H,26,28). The van der Waals surface area contributed by atoms with E-state index in [9.17, 15) is 14.4 Å². The lowest BCUT2D eigenvalue weighted by Crippen LogP contribution is -2.24. The van der Waals surface area contributed by atoms with Gasteiger partial charge in [0, 0.05) is 24.6 Å². The van der Waals surface area contributed by atoms with Crippen LogP contribution in [0.5, 0.6) is 0 Å². The Labute approximate surface area is 189 Å². The third-order valence-electron chi connectivity index (χ3n) is 5.33. The fourth-order valence-electron chi connectivity index (χ4n) is 3.82. The van der Waals surface area contributed by atoms with Gasteiger partial charge in [-0.25, -0.2) is 4.79 Å². The van der Waals surface area contributed by atoms with Crippen LogP contribution in [0.1, 0.15) is 49.6 Å². The average molecular weight is 453 g/mol.